The van der Waals surface area contributed by atoms with Gasteiger partial charge in [-0.3, -0.25) is 0 Å². The summed E-state index contributed by atoms with van der Waals surface area (Å²) in [5.74, 6) is 1.76. The normalized spacial score (nSPS) is 10.8. The molecule has 108 valence electrons. The van der Waals surface area contributed by atoms with Crippen LogP contribution in [0, 0.1) is 6.92 Å². The number of aromatic nitrogens is 4. The van der Waals surface area contributed by atoms with Gasteiger partial charge >= 0.3 is 0 Å². The summed E-state index contributed by atoms with van der Waals surface area (Å²) < 4.78 is 12.5. The first-order chi connectivity index (χ1) is 10.2. The summed E-state index contributed by atoms with van der Waals surface area (Å²) >= 11 is 6.08. The maximum atomic E-state index is 6.08. The lowest BCUT2D eigenvalue weighted by molar-refractivity contribution is 0.283. The first-order valence-corrected chi connectivity index (χ1v) is 6.68. The number of nitrogens with zero attached hydrogens (tertiary/aromatic N) is 4. The van der Waals surface area contributed by atoms with Crippen LogP contribution in [0.3, 0.4) is 0 Å². The third kappa shape index (κ3) is 2.62. The molecule has 0 unspecified atom stereocenters. The summed E-state index contributed by atoms with van der Waals surface area (Å²) in [4.78, 5) is 8.15. The molecule has 3 aromatic rings. The standard InChI is InChI=1S/C14H13ClN4O2/c1-9-12(15)18-14-16-8-17-19(14)13(9)21-7-10-3-5-11(20-2)6-4-10/h3-6,8H,7H2,1-2H3. The molecule has 0 N–H and O–H groups in total. The molecule has 0 bridgehead atoms. The number of hydrogen-bond acceptors (Lipinski definition) is 5. The highest BCUT2D eigenvalue weighted by Crippen LogP contribution is 2.25. The van der Waals surface area contributed by atoms with Crippen molar-refractivity contribution in [3.05, 3.63) is 46.9 Å². The topological polar surface area (TPSA) is 61.5 Å². The van der Waals surface area contributed by atoms with Crippen molar-refractivity contribution in [1.29, 1.82) is 0 Å². The second-order valence-electron chi connectivity index (χ2n) is 4.44. The van der Waals surface area contributed by atoms with E-state index in [9.17, 15) is 0 Å². The number of rotatable bonds is 4. The van der Waals surface area contributed by atoms with Crippen LogP contribution in [0.1, 0.15) is 11.1 Å². The summed E-state index contributed by atoms with van der Waals surface area (Å²) in [6.07, 6.45) is 1.42. The lowest BCUT2D eigenvalue weighted by Crippen LogP contribution is -2.05. The minimum atomic E-state index is 0.361. The lowest BCUT2D eigenvalue weighted by Gasteiger charge is -2.11. The molecule has 0 saturated carbocycles. The molecule has 0 aliphatic carbocycles. The summed E-state index contributed by atoms with van der Waals surface area (Å²) in [5.41, 5.74) is 1.74. The van der Waals surface area contributed by atoms with Gasteiger partial charge in [-0.1, -0.05) is 23.7 Å². The molecular formula is C14H13ClN4O2. The third-order valence-corrected chi connectivity index (χ3v) is 3.45. The van der Waals surface area contributed by atoms with E-state index in [1.54, 1.807) is 7.11 Å². The molecule has 0 fully saturated rings. The van der Waals surface area contributed by atoms with Gasteiger partial charge in [-0.05, 0) is 24.6 Å². The Labute approximate surface area is 126 Å². The van der Waals surface area contributed by atoms with Crippen LogP contribution in [-0.4, -0.2) is 26.7 Å². The predicted octanol–water partition coefficient (Wildman–Crippen LogP) is 2.67. The van der Waals surface area contributed by atoms with E-state index >= 15 is 0 Å². The monoisotopic (exact) mass is 304 g/mol. The molecule has 0 amide bonds. The first-order valence-electron chi connectivity index (χ1n) is 6.30. The van der Waals surface area contributed by atoms with Crippen molar-refractivity contribution in [1.82, 2.24) is 19.6 Å². The molecule has 3 rings (SSSR count). The molecule has 0 atom stereocenters. The van der Waals surface area contributed by atoms with Crippen molar-refractivity contribution < 1.29 is 9.47 Å². The molecular weight excluding hydrogens is 292 g/mol. The van der Waals surface area contributed by atoms with Crippen molar-refractivity contribution >= 4 is 17.4 Å². The zero-order valence-corrected chi connectivity index (χ0v) is 12.3. The van der Waals surface area contributed by atoms with E-state index in [0.29, 0.717) is 23.4 Å². The average molecular weight is 305 g/mol. The van der Waals surface area contributed by atoms with Gasteiger partial charge in [0.15, 0.2) is 0 Å². The Balaban J connectivity index is 1.87. The van der Waals surface area contributed by atoms with Gasteiger partial charge in [0, 0.05) is 5.56 Å². The number of halogens is 1. The largest absolute Gasteiger partial charge is 0.497 e. The molecule has 0 aliphatic heterocycles. The molecule has 21 heavy (non-hydrogen) atoms. The van der Waals surface area contributed by atoms with Crippen molar-refractivity contribution in [2.24, 2.45) is 0 Å². The molecule has 2 aromatic heterocycles. The van der Waals surface area contributed by atoms with Crippen LogP contribution in [0.5, 0.6) is 11.6 Å². The average Bonchev–Trinajstić information content (AvgIpc) is 2.96. The Morgan fingerprint density at radius 2 is 2.00 bits per heavy atom. The van der Waals surface area contributed by atoms with Crippen LogP contribution in [0.2, 0.25) is 5.15 Å². The maximum Gasteiger partial charge on any atom is 0.256 e. The highest BCUT2D eigenvalue weighted by atomic mass is 35.5. The fraction of sp³-hybridized carbons (Fsp3) is 0.214. The molecule has 0 spiro atoms. The number of fused-ring (bicyclic) bond motifs is 1. The first kappa shape index (κ1) is 13.6. The Bertz CT molecular complexity index is 770. The van der Waals surface area contributed by atoms with Crippen LogP contribution in [0.15, 0.2) is 30.6 Å². The number of hydrogen-bond donors (Lipinski definition) is 0. The van der Waals surface area contributed by atoms with Gasteiger partial charge in [-0.15, -0.1) is 0 Å². The second-order valence-corrected chi connectivity index (χ2v) is 4.80. The molecule has 0 radical (unpaired) electrons. The van der Waals surface area contributed by atoms with E-state index in [1.165, 1.54) is 10.8 Å². The smallest absolute Gasteiger partial charge is 0.256 e. The van der Waals surface area contributed by atoms with Gasteiger partial charge in [0.2, 0.25) is 5.88 Å². The summed E-state index contributed by atoms with van der Waals surface area (Å²) in [5, 5.41) is 4.46. The van der Waals surface area contributed by atoms with E-state index < -0.39 is 0 Å². The SMILES string of the molecule is COc1ccc(COc2c(C)c(Cl)nc3ncnn23)cc1. The highest BCUT2D eigenvalue weighted by molar-refractivity contribution is 6.30. The Morgan fingerprint density at radius 1 is 1.24 bits per heavy atom. The Morgan fingerprint density at radius 3 is 2.71 bits per heavy atom. The third-order valence-electron chi connectivity index (χ3n) is 3.09. The Hall–Kier alpha value is -2.34. The predicted molar refractivity (Wildman–Crippen MR) is 77.9 cm³/mol. The van der Waals surface area contributed by atoms with Crippen LogP contribution in [0.25, 0.3) is 5.78 Å². The van der Waals surface area contributed by atoms with Gasteiger partial charge in [0.1, 0.15) is 23.8 Å². The Kier molecular flexibility index (Phi) is 3.62. The van der Waals surface area contributed by atoms with E-state index in [2.05, 4.69) is 15.1 Å². The van der Waals surface area contributed by atoms with Gasteiger partial charge < -0.3 is 9.47 Å². The van der Waals surface area contributed by atoms with E-state index in [0.717, 1.165) is 16.9 Å². The van der Waals surface area contributed by atoms with E-state index in [4.69, 9.17) is 21.1 Å². The quantitative estimate of drug-likeness (QED) is 0.693. The zero-order valence-electron chi connectivity index (χ0n) is 11.6. The summed E-state index contributed by atoms with van der Waals surface area (Å²) in [7, 11) is 1.63. The summed E-state index contributed by atoms with van der Waals surface area (Å²) in [6.45, 7) is 2.22. The van der Waals surface area contributed by atoms with Gasteiger partial charge in [0.25, 0.3) is 5.78 Å². The fourth-order valence-corrected chi connectivity index (χ4v) is 2.07. The second kappa shape index (κ2) is 5.57. The van der Waals surface area contributed by atoms with Crippen molar-refractivity contribution in [3.63, 3.8) is 0 Å². The number of methoxy groups -OCH3 is 1. The molecule has 7 heteroatoms. The lowest BCUT2D eigenvalue weighted by atomic mass is 10.2. The van der Waals surface area contributed by atoms with Crippen molar-refractivity contribution in [2.75, 3.05) is 7.11 Å². The van der Waals surface area contributed by atoms with E-state index in [1.807, 2.05) is 31.2 Å². The molecule has 1 aromatic carbocycles. The van der Waals surface area contributed by atoms with Gasteiger partial charge in [0.05, 0.1) is 7.11 Å². The van der Waals surface area contributed by atoms with Gasteiger partial charge in [-0.2, -0.15) is 19.6 Å². The fourth-order valence-electron chi connectivity index (χ4n) is 1.92. The molecule has 2 heterocycles. The highest BCUT2D eigenvalue weighted by Gasteiger charge is 2.13. The molecule has 0 saturated heterocycles. The van der Waals surface area contributed by atoms with Crippen LogP contribution >= 0.6 is 11.6 Å². The minimum absolute atomic E-state index is 0.361. The van der Waals surface area contributed by atoms with E-state index in [-0.39, 0.29) is 0 Å². The van der Waals surface area contributed by atoms with Gasteiger partial charge in [-0.25, -0.2) is 0 Å². The number of ether oxygens (including phenoxy) is 2. The number of benzene rings is 1. The molecule has 0 aliphatic rings. The van der Waals surface area contributed by atoms with Crippen LogP contribution in [-0.2, 0) is 6.61 Å². The van der Waals surface area contributed by atoms with Crippen LogP contribution in [0.4, 0.5) is 0 Å². The summed E-state index contributed by atoms with van der Waals surface area (Å²) in [6, 6.07) is 7.65. The molecule has 6 nitrogen and oxygen atoms in total. The zero-order chi connectivity index (χ0) is 14.8. The van der Waals surface area contributed by atoms with Crippen molar-refractivity contribution in [3.8, 4) is 11.6 Å². The maximum absolute atomic E-state index is 6.08. The van der Waals surface area contributed by atoms with Crippen molar-refractivity contribution in [2.45, 2.75) is 13.5 Å². The minimum Gasteiger partial charge on any atom is -0.497 e. The van der Waals surface area contributed by atoms with Crippen LogP contribution < -0.4 is 9.47 Å².